The van der Waals surface area contributed by atoms with E-state index in [-0.39, 0.29) is 5.91 Å². The molecule has 1 amide bonds. The summed E-state index contributed by atoms with van der Waals surface area (Å²) >= 11 is 0. The van der Waals surface area contributed by atoms with Gasteiger partial charge in [-0.25, -0.2) is 0 Å². The van der Waals surface area contributed by atoms with Crippen molar-refractivity contribution in [2.45, 2.75) is 39.5 Å². The maximum Gasteiger partial charge on any atom is 0.216 e. The Morgan fingerprint density at radius 1 is 1.00 bits per heavy atom. The number of nitrogens with one attached hydrogen (secondary N) is 1. The first kappa shape index (κ1) is 16.3. The number of hydrogen-bond acceptors (Lipinski definition) is 1. The first-order valence-electron chi connectivity index (χ1n) is 8.04. The molecular weight excluding hydrogens is 270 g/mol. The second-order valence-corrected chi connectivity index (χ2v) is 5.86. The van der Waals surface area contributed by atoms with E-state index in [1.165, 1.54) is 28.7 Å². The molecule has 0 radical (unpaired) electrons. The number of hydrogen-bond donors (Lipinski definition) is 1. The van der Waals surface area contributed by atoms with E-state index in [4.69, 9.17) is 0 Å². The first-order valence-corrected chi connectivity index (χ1v) is 8.04. The van der Waals surface area contributed by atoms with E-state index in [0.717, 1.165) is 6.42 Å². The molecule has 0 saturated heterocycles. The van der Waals surface area contributed by atoms with Gasteiger partial charge in [0, 0.05) is 13.5 Å². The van der Waals surface area contributed by atoms with Crippen molar-refractivity contribution in [3.8, 4) is 11.1 Å². The van der Waals surface area contributed by atoms with Crippen LogP contribution in [0.1, 0.15) is 44.2 Å². The van der Waals surface area contributed by atoms with Gasteiger partial charge in [0.25, 0.3) is 0 Å². The van der Waals surface area contributed by atoms with Gasteiger partial charge in [0.1, 0.15) is 0 Å². The third-order valence-corrected chi connectivity index (χ3v) is 4.17. The summed E-state index contributed by atoms with van der Waals surface area (Å²) in [5.74, 6) is 0.642. The van der Waals surface area contributed by atoms with E-state index in [1.807, 2.05) is 0 Å². The van der Waals surface area contributed by atoms with Crippen LogP contribution in [0.15, 0.2) is 48.5 Å². The lowest BCUT2D eigenvalue weighted by Gasteiger charge is -2.10. The molecule has 116 valence electrons. The fourth-order valence-corrected chi connectivity index (χ4v) is 2.49. The summed E-state index contributed by atoms with van der Waals surface area (Å²) in [4.78, 5) is 10.9. The lowest BCUT2D eigenvalue weighted by molar-refractivity contribution is -0.118. The molecule has 2 heteroatoms. The molecule has 2 aromatic rings. The molecule has 0 aliphatic rings. The zero-order chi connectivity index (χ0) is 15.9. The zero-order valence-corrected chi connectivity index (χ0v) is 13.7. The van der Waals surface area contributed by atoms with Gasteiger partial charge in [0.2, 0.25) is 5.91 Å². The van der Waals surface area contributed by atoms with Gasteiger partial charge in [0.15, 0.2) is 0 Å². The first-order chi connectivity index (χ1) is 10.6. The highest BCUT2D eigenvalue weighted by molar-refractivity contribution is 5.72. The second-order valence-electron chi connectivity index (χ2n) is 5.86. The molecule has 0 saturated carbocycles. The smallest absolute Gasteiger partial charge is 0.216 e. The molecule has 1 N–H and O–H groups in total. The van der Waals surface area contributed by atoms with Crippen LogP contribution < -0.4 is 5.32 Å². The van der Waals surface area contributed by atoms with Crippen LogP contribution in [0.2, 0.25) is 0 Å². The molecule has 0 heterocycles. The van der Waals surface area contributed by atoms with Crippen molar-refractivity contribution in [3.63, 3.8) is 0 Å². The fourth-order valence-electron chi connectivity index (χ4n) is 2.49. The summed E-state index contributed by atoms with van der Waals surface area (Å²) in [6.45, 7) is 6.72. The minimum Gasteiger partial charge on any atom is -0.356 e. The lowest BCUT2D eigenvalue weighted by atomic mass is 9.95. The topological polar surface area (TPSA) is 29.1 Å². The van der Waals surface area contributed by atoms with Crippen LogP contribution in [0, 0.1) is 0 Å². The minimum atomic E-state index is 0.0259. The van der Waals surface area contributed by atoms with E-state index in [1.54, 1.807) is 6.92 Å². The van der Waals surface area contributed by atoms with Crippen LogP contribution in [0.5, 0.6) is 0 Å². The van der Waals surface area contributed by atoms with Crippen molar-refractivity contribution in [3.05, 3.63) is 59.7 Å². The molecule has 1 atom stereocenters. The van der Waals surface area contributed by atoms with E-state index in [0.29, 0.717) is 12.5 Å². The summed E-state index contributed by atoms with van der Waals surface area (Å²) < 4.78 is 0. The maximum atomic E-state index is 10.9. The highest BCUT2D eigenvalue weighted by atomic mass is 16.1. The summed E-state index contributed by atoms with van der Waals surface area (Å²) in [7, 11) is 0. The summed E-state index contributed by atoms with van der Waals surface area (Å²) in [6.07, 6.45) is 2.04. The fraction of sp³-hybridized carbons (Fsp3) is 0.350. The molecule has 0 fully saturated rings. The Morgan fingerprint density at radius 2 is 1.55 bits per heavy atom. The van der Waals surface area contributed by atoms with Gasteiger partial charge >= 0.3 is 0 Å². The molecular formula is C20H25NO. The molecule has 0 aliphatic carbocycles. The molecule has 2 rings (SSSR count). The van der Waals surface area contributed by atoms with Crippen LogP contribution in [0.25, 0.3) is 11.1 Å². The quantitative estimate of drug-likeness (QED) is 0.832. The van der Waals surface area contributed by atoms with Gasteiger partial charge in [0.05, 0.1) is 0 Å². The molecule has 0 aromatic heterocycles. The van der Waals surface area contributed by atoms with E-state index < -0.39 is 0 Å². The Bertz CT molecular complexity index is 599. The Balaban J connectivity index is 2.02. The standard InChI is InChI=1S/C20H25NO/c1-4-15(2)18-9-11-20(12-10-18)19-7-5-17(6-8-19)13-14-21-16(3)22/h5-12,15H,4,13-14H2,1-3H3,(H,21,22). The van der Waals surface area contributed by atoms with Crippen LogP contribution >= 0.6 is 0 Å². The summed E-state index contributed by atoms with van der Waals surface area (Å²) in [6, 6.07) is 17.5. The van der Waals surface area contributed by atoms with Crippen molar-refractivity contribution >= 4 is 5.91 Å². The van der Waals surface area contributed by atoms with Gasteiger partial charge in [-0.3, -0.25) is 4.79 Å². The van der Waals surface area contributed by atoms with E-state index >= 15 is 0 Å². The third-order valence-electron chi connectivity index (χ3n) is 4.17. The van der Waals surface area contributed by atoms with Crippen molar-refractivity contribution < 1.29 is 4.79 Å². The molecule has 1 unspecified atom stereocenters. The Labute approximate surface area is 133 Å². The van der Waals surface area contributed by atoms with Gasteiger partial charge in [-0.15, -0.1) is 0 Å². The van der Waals surface area contributed by atoms with Crippen LogP contribution in [-0.4, -0.2) is 12.5 Å². The minimum absolute atomic E-state index is 0.0259. The molecule has 2 nitrogen and oxygen atoms in total. The van der Waals surface area contributed by atoms with E-state index in [2.05, 4.69) is 67.7 Å². The third kappa shape index (κ3) is 4.45. The van der Waals surface area contributed by atoms with Gasteiger partial charge in [-0.05, 0) is 41.0 Å². The molecule has 0 aliphatic heterocycles. The summed E-state index contributed by atoms with van der Waals surface area (Å²) in [5, 5.41) is 2.82. The van der Waals surface area contributed by atoms with Gasteiger partial charge < -0.3 is 5.32 Å². The Morgan fingerprint density at radius 3 is 2.05 bits per heavy atom. The molecule has 22 heavy (non-hydrogen) atoms. The maximum absolute atomic E-state index is 10.9. The number of rotatable bonds is 6. The van der Waals surface area contributed by atoms with Gasteiger partial charge in [-0.2, -0.15) is 0 Å². The zero-order valence-electron chi connectivity index (χ0n) is 13.7. The Kier molecular flexibility index (Phi) is 5.76. The number of amides is 1. The molecule has 0 bridgehead atoms. The largest absolute Gasteiger partial charge is 0.356 e. The predicted molar refractivity (Wildman–Crippen MR) is 93.0 cm³/mol. The molecule has 0 spiro atoms. The monoisotopic (exact) mass is 295 g/mol. The van der Waals surface area contributed by atoms with Crippen molar-refractivity contribution in [1.82, 2.24) is 5.32 Å². The van der Waals surface area contributed by atoms with Crippen LogP contribution in [0.4, 0.5) is 0 Å². The Hall–Kier alpha value is -2.09. The number of carbonyl (C=O) groups is 1. The van der Waals surface area contributed by atoms with Gasteiger partial charge in [-0.1, -0.05) is 62.4 Å². The van der Waals surface area contributed by atoms with E-state index in [9.17, 15) is 4.79 Å². The van der Waals surface area contributed by atoms with Crippen molar-refractivity contribution in [1.29, 1.82) is 0 Å². The van der Waals surface area contributed by atoms with Crippen LogP contribution in [-0.2, 0) is 11.2 Å². The summed E-state index contributed by atoms with van der Waals surface area (Å²) in [5.41, 5.74) is 5.13. The number of carbonyl (C=O) groups excluding carboxylic acids is 1. The normalized spacial score (nSPS) is 12.0. The average Bonchev–Trinajstić information content (AvgIpc) is 2.54. The molecule has 2 aromatic carbocycles. The lowest BCUT2D eigenvalue weighted by Crippen LogP contribution is -2.22. The highest BCUT2D eigenvalue weighted by Crippen LogP contribution is 2.24. The second kappa shape index (κ2) is 7.79. The van der Waals surface area contributed by atoms with Crippen LogP contribution in [0.3, 0.4) is 0 Å². The highest BCUT2D eigenvalue weighted by Gasteiger charge is 2.04. The predicted octanol–water partition coefficient (Wildman–Crippen LogP) is 4.55. The van der Waals surface area contributed by atoms with Crippen molar-refractivity contribution in [2.24, 2.45) is 0 Å². The average molecular weight is 295 g/mol. The SMILES string of the molecule is CCC(C)c1ccc(-c2ccc(CCNC(C)=O)cc2)cc1. The number of benzene rings is 2. The van der Waals surface area contributed by atoms with Crippen molar-refractivity contribution in [2.75, 3.05) is 6.54 Å².